The smallest absolute Gasteiger partial charge is 0.726 e. The van der Waals surface area contributed by atoms with Gasteiger partial charge in [-0.2, -0.15) is 0 Å². The second-order valence-corrected chi connectivity index (χ2v) is 7.47. The van der Waals surface area contributed by atoms with E-state index in [2.05, 4.69) is 16.7 Å². The van der Waals surface area contributed by atoms with Crippen LogP contribution in [-0.2, 0) is 84.5 Å². The van der Waals surface area contributed by atoms with Crippen LogP contribution >= 0.6 is 0 Å². The molecule has 0 aromatic rings. The van der Waals surface area contributed by atoms with E-state index in [-0.39, 0.29) is 52.6 Å². The Hall–Kier alpha value is 0.363. The molecule has 0 atom stereocenters. The first-order valence-corrected chi connectivity index (χ1v) is 12.0. The van der Waals surface area contributed by atoms with Crippen molar-refractivity contribution in [2.75, 3.05) is 26.4 Å². The van der Waals surface area contributed by atoms with Crippen LogP contribution in [0.2, 0.25) is 0 Å². The fourth-order valence-corrected chi connectivity index (χ4v) is 1.73. The quantitative estimate of drug-likeness (QED) is 0.216. The average Bonchev–Trinajstić information content (AvgIpc) is 2.34. The van der Waals surface area contributed by atoms with Crippen molar-refractivity contribution >= 4 is 41.6 Å². The van der Waals surface area contributed by atoms with Crippen LogP contribution in [0.1, 0.15) is 27.7 Å². The zero-order valence-electron chi connectivity index (χ0n) is 15.5. The van der Waals surface area contributed by atoms with Gasteiger partial charge in [0.05, 0.1) is 26.4 Å². The summed E-state index contributed by atoms with van der Waals surface area (Å²) in [7, 11) is -17.7. The second-order valence-electron chi connectivity index (χ2n) is 3.26. The first-order chi connectivity index (χ1) is 12.2. The van der Waals surface area contributed by atoms with Crippen molar-refractivity contribution in [1.82, 2.24) is 0 Å². The Morgan fingerprint density at radius 2 is 0.552 bits per heavy atom. The van der Waals surface area contributed by atoms with Gasteiger partial charge in [-0.25, -0.2) is 33.7 Å². The van der Waals surface area contributed by atoms with Crippen LogP contribution in [-0.4, -0.2) is 78.3 Å². The Bertz CT molecular complexity index is 633. The molecule has 0 aliphatic rings. The molecule has 0 aliphatic heterocycles. The predicted octanol–water partition coefficient (Wildman–Crippen LogP) is -2.07. The maximum atomic E-state index is 9.45. The topological polar surface area (TPSA) is 266 Å². The summed E-state index contributed by atoms with van der Waals surface area (Å²) < 4.78 is 128. The van der Waals surface area contributed by atoms with Crippen molar-refractivity contribution in [2.24, 2.45) is 0 Å². The molecular weight excluding hydrogens is 572 g/mol. The Labute approximate surface area is 189 Å². The molecule has 21 heteroatoms. The summed E-state index contributed by atoms with van der Waals surface area (Å²) in [5, 5.41) is 0. The maximum absolute atomic E-state index is 9.45. The van der Waals surface area contributed by atoms with Gasteiger partial charge >= 0.3 is 26.2 Å². The summed E-state index contributed by atoms with van der Waals surface area (Å²) in [5.74, 6) is 0. The van der Waals surface area contributed by atoms with Crippen molar-refractivity contribution in [2.45, 2.75) is 27.7 Å². The van der Waals surface area contributed by atoms with E-state index in [0.717, 1.165) is 0 Å². The van der Waals surface area contributed by atoms with Crippen molar-refractivity contribution in [3.8, 4) is 0 Å². The number of hydrogen-bond donors (Lipinski definition) is 0. The molecule has 0 aromatic carbocycles. The second kappa shape index (κ2) is 20.3. The van der Waals surface area contributed by atoms with Crippen LogP contribution in [0.15, 0.2) is 0 Å². The van der Waals surface area contributed by atoms with Crippen LogP contribution in [0.5, 0.6) is 0 Å². The Morgan fingerprint density at radius 1 is 0.448 bits per heavy atom. The molecule has 0 rings (SSSR count). The van der Waals surface area contributed by atoms with Crippen molar-refractivity contribution in [1.29, 1.82) is 0 Å². The van der Waals surface area contributed by atoms with Gasteiger partial charge in [-0.1, -0.05) is 0 Å². The summed E-state index contributed by atoms with van der Waals surface area (Å²) in [6, 6.07) is 0. The summed E-state index contributed by atoms with van der Waals surface area (Å²) >= 11 is 0. The molecule has 176 valence electrons. The van der Waals surface area contributed by atoms with E-state index in [0.29, 0.717) is 0 Å². The van der Waals surface area contributed by atoms with Gasteiger partial charge in [0.25, 0.3) is 0 Å². The molecule has 16 nitrogen and oxygen atoms in total. The molecule has 0 saturated carbocycles. The molecule has 0 unspecified atom stereocenters. The average molecular weight is 592 g/mol. The van der Waals surface area contributed by atoms with Crippen molar-refractivity contribution in [3.05, 3.63) is 0 Å². The van der Waals surface area contributed by atoms with Crippen LogP contribution in [0.4, 0.5) is 0 Å². The van der Waals surface area contributed by atoms with E-state index in [1.807, 2.05) is 0 Å². The Kier molecular flexibility index (Phi) is 27.8. The maximum Gasteiger partial charge on any atom is 4.00 e. The zero-order valence-corrected chi connectivity index (χ0v) is 21.2. The molecule has 0 aromatic heterocycles. The first-order valence-electron chi connectivity index (χ1n) is 6.65. The molecule has 0 amide bonds. The van der Waals surface area contributed by atoms with Gasteiger partial charge in [0.1, 0.15) is 0 Å². The molecular formula is C8H20O16S4Zr. The molecule has 0 spiro atoms. The minimum Gasteiger partial charge on any atom is -0.726 e. The fourth-order valence-electron chi connectivity index (χ4n) is 0.577. The van der Waals surface area contributed by atoms with Gasteiger partial charge in [0.15, 0.2) is 0 Å². The van der Waals surface area contributed by atoms with Crippen LogP contribution in [0.3, 0.4) is 0 Å². The molecule has 0 N–H and O–H groups in total. The molecule has 0 heterocycles. The van der Waals surface area contributed by atoms with E-state index in [4.69, 9.17) is 0 Å². The number of hydrogen-bond acceptors (Lipinski definition) is 16. The van der Waals surface area contributed by atoms with Crippen molar-refractivity contribution in [3.63, 3.8) is 0 Å². The summed E-state index contributed by atoms with van der Waals surface area (Å²) in [6.07, 6.45) is 0. The standard InChI is InChI=1S/4C2H6O4S.Zr/c4*1-2-6-7(3,4)5;/h4*2H2,1H3,(H,3,4,5);/q;;;;+4/p-4. The number of rotatable bonds is 8. The predicted molar refractivity (Wildman–Crippen MR) is 85.3 cm³/mol. The van der Waals surface area contributed by atoms with Gasteiger partial charge in [0, 0.05) is 0 Å². The normalized spacial score (nSPS) is 11.3. The minimum absolute atomic E-state index is 0. The Balaban J connectivity index is -0.0000000873. The largest absolute Gasteiger partial charge is 4.00 e. The van der Waals surface area contributed by atoms with E-state index >= 15 is 0 Å². The van der Waals surface area contributed by atoms with Gasteiger partial charge in [0.2, 0.25) is 41.6 Å². The summed E-state index contributed by atoms with van der Waals surface area (Å²) in [4.78, 5) is 0. The molecule has 29 heavy (non-hydrogen) atoms. The zero-order chi connectivity index (χ0) is 23.7. The SMILES string of the molecule is CCOS(=O)(=O)[O-].CCOS(=O)(=O)[O-].CCOS(=O)(=O)[O-].CCOS(=O)(=O)[O-].[Zr+4]. The van der Waals surface area contributed by atoms with Gasteiger partial charge < -0.3 is 18.2 Å². The van der Waals surface area contributed by atoms with E-state index in [1.165, 1.54) is 27.7 Å². The summed E-state index contributed by atoms with van der Waals surface area (Å²) in [6.45, 7) is 5.34. The van der Waals surface area contributed by atoms with E-state index in [9.17, 15) is 51.9 Å². The fraction of sp³-hybridized carbons (Fsp3) is 1.00. The van der Waals surface area contributed by atoms with Gasteiger partial charge in [-0.3, -0.25) is 16.7 Å². The first kappa shape index (κ1) is 39.8. The van der Waals surface area contributed by atoms with Crippen LogP contribution in [0.25, 0.3) is 0 Å². The van der Waals surface area contributed by atoms with E-state index in [1.54, 1.807) is 0 Å². The third-order valence-corrected chi connectivity index (χ3v) is 3.15. The third kappa shape index (κ3) is 73.6. The van der Waals surface area contributed by atoms with E-state index < -0.39 is 41.6 Å². The molecule has 0 bridgehead atoms. The van der Waals surface area contributed by atoms with Crippen LogP contribution in [0, 0.1) is 0 Å². The molecule has 0 saturated heterocycles. The molecule has 0 radical (unpaired) electrons. The third-order valence-electron chi connectivity index (χ3n) is 1.05. The minimum atomic E-state index is -4.42. The van der Waals surface area contributed by atoms with Gasteiger partial charge in [-0.05, 0) is 27.7 Å². The molecule has 0 fully saturated rings. The van der Waals surface area contributed by atoms with Gasteiger partial charge in [-0.15, -0.1) is 0 Å². The van der Waals surface area contributed by atoms with Crippen molar-refractivity contribution < 1.29 is 94.8 Å². The molecule has 0 aliphatic carbocycles. The Morgan fingerprint density at radius 3 is 0.552 bits per heavy atom. The van der Waals surface area contributed by atoms with Crippen LogP contribution < -0.4 is 0 Å². The monoisotopic (exact) mass is 590 g/mol. The summed E-state index contributed by atoms with van der Waals surface area (Å²) in [5.41, 5.74) is 0.